The molecule has 0 bridgehead atoms. The second-order valence-corrected chi connectivity index (χ2v) is 10.1. The summed E-state index contributed by atoms with van der Waals surface area (Å²) in [5.41, 5.74) is 2.03. The molecule has 5 aromatic rings. The Morgan fingerprint density at radius 2 is 1.75 bits per heavy atom. The first-order chi connectivity index (χ1) is 17.3. The predicted molar refractivity (Wildman–Crippen MR) is 137 cm³/mol. The molecular formula is C27H20N2O6S. The maximum absolute atomic E-state index is 13.7. The smallest absolute Gasteiger partial charge is 0.342 e. The molecule has 0 atom stereocenters. The van der Waals surface area contributed by atoms with Crippen molar-refractivity contribution in [3.63, 3.8) is 0 Å². The molecule has 1 aromatic heterocycles. The molecule has 0 saturated carbocycles. The molecule has 0 saturated heterocycles. The van der Waals surface area contributed by atoms with E-state index >= 15 is 0 Å². The number of hydrogen-bond donors (Lipinski definition) is 2. The number of ether oxygens (including phenoxy) is 1. The van der Waals surface area contributed by atoms with Crippen LogP contribution < -0.4 is 10.0 Å². The number of carbonyl (C=O) groups excluding carboxylic acids is 2. The van der Waals surface area contributed by atoms with E-state index < -0.39 is 16.0 Å². The second kappa shape index (κ2) is 7.82. The number of furan rings is 1. The van der Waals surface area contributed by atoms with Crippen molar-refractivity contribution in [3.8, 4) is 0 Å². The van der Waals surface area contributed by atoms with E-state index in [1.807, 2.05) is 12.1 Å². The number of fused-ring (bicyclic) bond motifs is 3. The van der Waals surface area contributed by atoms with Crippen LogP contribution in [0.2, 0.25) is 0 Å². The summed E-state index contributed by atoms with van der Waals surface area (Å²) < 4.78 is 41.3. The van der Waals surface area contributed by atoms with Crippen LogP contribution in [0.15, 0.2) is 70.0 Å². The van der Waals surface area contributed by atoms with Gasteiger partial charge >= 0.3 is 5.97 Å². The number of carbonyl (C=O) groups is 2. The molecule has 6 rings (SSSR count). The molecular weight excluding hydrogens is 480 g/mol. The maximum Gasteiger partial charge on any atom is 0.342 e. The van der Waals surface area contributed by atoms with E-state index in [1.165, 1.54) is 6.07 Å². The van der Waals surface area contributed by atoms with Gasteiger partial charge in [0.15, 0.2) is 0 Å². The summed E-state index contributed by atoms with van der Waals surface area (Å²) in [4.78, 5) is 25.0. The van der Waals surface area contributed by atoms with Crippen LogP contribution in [-0.2, 0) is 14.8 Å². The quantitative estimate of drug-likeness (QED) is 0.304. The molecule has 36 heavy (non-hydrogen) atoms. The van der Waals surface area contributed by atoms with Crippen LogP contribution in [0.25, 0.3) is 32.5 Å². The Morgan fingerprint density at radius 1 is 1.00 bits per heavy atom. The average Bonchev–Trinajstić information content (AvgIpc) is 3.36. The van der Waals surface area contributed by atoms with Gasteiger partial charge in [-0.25, -0.2) is 13.2 Å². The van der Waals surface area contributed by atoms with Crippen molar-refractivity contribution in [3.05, 3.63) is 77.6 Å². The normalized spacial score (nSPS) is 12.9. The summed E-state index contributed by atoms with van der Waals surface area (Å²) in [6, 6.07) is 16.9. The lowest BCUT2D eigenvalue weighted by atomic mass is 10.0. The third kappa shape index (κ3) is 3.16. The molecule has 2 N–H and O–H groups in total. The van der Waals surface area contributed by atoms with Gasteiger partial charge in [0, 0.05) is 38.2 Å². The van der Waals surface area contributed by atoms with Gasteiger partial charge in [-0.2, -0.15) is 0 Å². The van der Waals surface area contributed by atoms with Crippen molar-refractivity contribution in [2.75, 3.05) is 16.6 Å². The molecule has 2 heterocycles. The molecule has 0 fully saturated rings. The number of rotatable bonds is 5. The Kier molecular flexibility index (Phi) is 4.81. The number of sulfonamides is 1. The molecule has 0 spiro atoms. The van der Waals surface area contributed by atoms with Gasteiger partial charge in [-0.05, 0) is 38.1 Å². The first kappa shape index (κ1) is 22.1. The molecule has 1 aliphatic heterocycles. The lowest BCUT2D eigenvalue weighted by Gasteiger charge is -2.14. The minimum Gasteiger partial charge on any atom is -0.462 e. The van der Waals surface area contributed by atoms with Crippen LogP contribution in [0, 0.1) is 6.92 Å². The Labute approximate surface area is 205 Å². The molecule has 8 nitrogen and oxygen atoms in total. The van der Waals surface area contributed by atoms with Gasteiger partial charge < -0.3 is 14.5 Å². The van der Waals surface area contributed by atoms with Crippen LogP contribution in [0.3, 0.4) is 0 Å². The molecule has 180 valence electrons. The SMILES string of the molecule is CCOC(=O)c1c(C)oc2c1cc(NS(=O)(=O)c1ccc3c4c(cccc14)C(=O)N3)c1ccccc12. The summed E-state index contributed by atoms with van der Waals surface area (Å²) in [5.74, 6) is -0.419. The van der Waals surface area contributed by atoms with Gasteiger partial charge in [0.2, 0.25) is 0 Å². The van der Waals surface area contributed by atoms with Crippen LogP contribution in [-0.4, -0.2) is 26.9 Å². The highest BCUT2D eigenvalue weighted by Crippen LogP contribution is 2.40. The monoisotopic (exact) mass is 500 g/mol. The third-order valence-electron chi connectivity index (χ3n) is 6.38. The highest BCUT2D eigenvalue weighted by atomic mass is 32.2. The lowest BCUT2D eigenvalue weighted by molar-refractivity contribution is 0.0526. The zero-order valence-electron chi connectivity index (χ0n) is 19.3. The average molecular weight is 501 g/mol. The maximum atomic E-state index is 13.7. The van der Waals surface area contributed by atoms with Crippen molar-refractivity contribution in [2.24, 2.45) is 0 Å². The molecule has 4 aromatic carbocycles. The van der Waals surface area contributed by atoms with E-state index in [1.54, 1.807) is 56.3 Å². The number of amides is 1. The topological polar surface area (TPSA) is 115 Å². The zero-order chi connectivity index (χ0) is 25.2. The number of hydrogen-bond acceptors (Lipinski definition) is 6. The number of anilines is 2. The van der Waals surface area contributed by atoms with Crippen molar-refractivity contribution in [2.45, 2.75) is 18.7 Å². The van der Waals surface area contributed by atoms with Crippen LogP contribution in [0.4, 0.5) is 11.4 Å². The summed E-state index contributed by atoms with van der Waals surface area (Å²) in [7, 11) is -4.10. The summed E-state index contributed by atoms with van der Waals surface area (Å²) >= 11 is 0. The number of benzene rings is 4. The minimum absolute atomic E-state index is 0.0396. The summed E-state index contributed by atoms with van der Waals surface area (Å²) in [6.07, 6.45) is 0. The van der Waals surface area contributed by atoms with Gasteiger partial charge in [-0.3, -0.25) is 9.52 Å². The minimum atomic E-state index is -4.10. The fraction of sp³-hybridized carbons (Fsp3) is 0.111. The van der Waals surface area contributed by atoms with Gasteiger partial charge in [-0.1, -0.05) is 36.4 Å². The van der Waals surface area contributed by atoms with Crippen LogP contribution >= 0.6 is 0 Å². The van der Waals surface area contributed by atoms with Crippen molar-refractivity contribution in [1.29, 1.82) is 0 Å². The predicted octanol–water partition coefficient (Wildman–Crippen LogP) is 5.59. The number of esters is 1. The zero-order valence-corrected chi connectivity index (χ0v) is 20.2. The highest BCUT2D eigenvalue weighted by molar-refractivity contribution is 7.93. The van der Waals surface area contributed by atoms with Crippen molar-refractivity contribution >= 4 is 65.8 Å². The van der Waals surface area contributed by atoms with Crippen molar-refractivity contribution < 1.29 is 27.2 Å². The third-order valence-corrected chi connectivity index (χ3v) is 7.80. The molecule has 0 aliphatic carbocycles. The first-order valence-electron chi connectivity index (χ1n) is 11.3. The van der Waals surface area contributed by atoms with E-state index in [-0.39, 0.29) is 23.0 Å². The largest absolute Gasteiger partial charge is 0.462 e. The van der Waals surface area contributed by atoms with E-state index in [0.717, 1.165) is 0 Å². The lowest BCUT2D eigenvalue weighted by Crippen LogP contribution is -2.14. The standard InChI is InChI=1S/C27H20N2O6S/c1-3-34-27(31)23-14(2)35-25-16-8-5-4-7-15(16)21(13-19(23)25)29-36(32,33)22-12-11-20-24-17(22)9-6-10-18(24)26(30)28-20/h4-13,29H,3H2,1-2H3,(H,28,30). The molecule has 0 unspecified atom stereocenters. The van der Waals surface area contributed by atoms with Crippen LogP contribution in [0.5, 0.6) is 0 Å². The van der Waals surface area contributed by atoms with E-state index in [4.69, 9.17) is 9.15 Å². The van der Waals surface area contributed by atoms with E-state index in [0.29, 0.717) is 55.2 Å². The van der Waals surface area contributed by atoms with Gasteiger partial charge in [0.1, 0.15) is 16.9 Å². The van der Waals surface area contributed by atoms with Crippen molar-refractivity contribution in [1.82, 2.24) is 0 Å². The Bertz CT molecular complexity index is 1870. The van der Waals surface area contributed by atoms with Gasteiger partial charge in [-0.15, -0.1) is 0 Å². The second-order valence-electron chi connectivity index (χ2n) is 8.50. The molecule has 9 heteroatoms. The summed E-state index contributed by atoms with van der Waals surface area (Å²) in [5, 5.41) is 5.49. The molecule has 1 aliphatic rings. The van der Waals surface area contributed by atoms with Gasteiger partial charge in [0.05, 0.1) is 17.2 Å². The molecule has 1 amide bonds. The Morgan fingerprint density at radius 3 is 2.53 bits per heavy atom. The molecule has 0 radical (unpaired) electrons. The Hall–Kier alpha value is -4.37. The number of aryl methyl sites for hydroxylation is 1. The first-order valence-corrected chi connectivity index (χ1v) is 12.8. The Balaban J connectivity index is 1.56. The fourth-order valence-corrected chi connectivity index (χ4v) is 6.15. The van der Waals surface area contributed by atoms with E-state index in [2.05, 4.69) is 10.0 Å². The van der Waals surface area contributed by atoms with Crippen LogP contribution in [0.1, 0.15) is 33.4 Å². The highest BCUT2D eigenvalue weighted by Gasteiger charge is 2.28. The van der Waals surface area contributed by atoms with E-state index in [9.17, 15) is 18.0 Å². The van der Waals surface area contributed by atoms with Gasteiger partial charge in [0.25, 0.3) is 15.9 Å². The summed E-state index contributed by atoms with van der Waals surface area (Å²) in [6.45, 7) is 3.58. The fourth-order valence-electron chi connectivity index (χ4n) is 4.88. The number of nitrogens with one attached hydrogen (secondary N) is 2.